The van der Waals surface area contributed by atoms with Crippen LogP contribution < -0.4 is 0 Å². The van der Waals surface area contributed by atoms with Crippen LogP contribution in [0.1, 0.15) is 47.2 Å². The minimum absolute atomic E-state index is 0.0361. The number of benzene rings is 2. The monoisotopic (exact) mass is 392 g/mol. The van der Waals surface area contributed by atoms with Crippen LogP contribution in [-0.4, -0.2) is 34.5 Å². The van der Waals surface area contributed by atoms with Crippen LogP contribution in [0.4, 0.5) is 0 Å². The number of ether oxygens (including phenoxy) is 1. The summed E-state index contributed by atoms with van der Waals surface area (Å²) in [6.07, 6.45) is 7.04. The van der Waals surface area contributed by atoms with Gasteiger partial charge in [0, 0.05) is 11.8 Å². The molecule has 0 amide bonds. The van der Waals surface area contributed by atoms with Gasteiger partial charge in [-0.05, 0) is 48.4 Å². The molecule has 2 heterocycles. The van der Waals surface area contributed by atoms with Gasteiger partial charge in [-0.15, -0.1) is 0 Å². The number of fused-ring (bicyclic) bond motifs is 2. The third-order valence-electron chi connectivity index (χ3n) is 6.53. The number of hydrogen-bond donors (Lipinski definition) is 2. The SMILES string of the molecule is CC(c1ccccc1)C(O)C=CC1C2CCC(O2)C1Cc1ccc(C(=O)O)cc1. The van der Waals surface area contributed by atoms with E-state index in [1.54, 1.807) is 12.1 Å². The van der Waals surface area contributed by atoms with Gasteiger partial charge in [-0.2, -0.15) is 0 Å². The van der Waals surface area contributed by atoms with E-state index in [2.05, 4.69) is 6.08 Å². The number of rotatable bonds is 7. The van der Waals surface area contributed by atoms with Gasteiger partial charge in [-0.3, -0.25) is 0 Å². The lowest BCUT2D eigenvalue weighted by Crippen LogP contribution is -2.28. The van der Waals surface area contributed by atoms with Crippen LogP contribution in [0.25, 0.3) is 0 Å². The van der Waals surface area contributed by atoms with Crippen LogP contribution >= 0.6 is 0 Å². The van der Waals surface area contributed by atoms with E-state index in [1.165, 1.54) is 0 Å². The lowest BCUT2D eigenvalue weighted by atomic mass is 9.75. The molecule has 0 aliphatic carbocycles. The summed E-state index contributed by atoms with van der Waals surface area (Å²) in [5.74, 6) is -0.221. The molecule has 0 spiro atoms. The molecular weight excluding hydrogens is 364 g/mol. The van der Waals surface area contributed by atoms with Gasteiger partial charge in [0.05, 0.1) is 23.9 Å². The van der Waals surface area contributed by atoms with Crippen LogP contribution in [0, 0.1) is 11.8 Å². The molecule has 2 N–H and O–H groups in total. The van der Waals surface area contributed by atoms with Gasteiger partial charge < -0.3 is 14.9 Å². The fourth-order valence-corrected chi connectivity index (χ4v) is 4.76. The predicted octanol–water partition coefficient (Wildman–Crippen LogP) is 4.44. The van der Waals surface area contributed by atoms with Crippen molar-refractivity contribution >= 4 is 5.97 Å². The molecule has 2 aliphatic rings. The number of carbonyl (C=O) groups is 1. The maximum atomic E-state index is 11.1. The molecule has 2 aromatic rings. The van der Waals surface area contributed by atoms with Crippen molar-refractivity contribution in [1.82, 2.24) is 0 Å². The van der Waals surface area contributed by atoms with Crippen LogP contribution in [0.15, 0.2) is 66.7 Å². The molecule has 4 heteroatoms. The summed E-state index contributed by atoms with van der Waals surface area (Å²) in [6, 6.07) is 17.2. The molecule has 2 fully saturated rings. The standard InChI is InChI=1S/C25H28O4/c1-16(18-5-3-2-4-6-18)22(26)12-11-20-21(24-14-13-23(20)29-24)15-17-7-9-19(10-8-17)25(27)28/h2-12,16,20-24,26H,13-15H2,1H3,(H,27,28). The maximum Gasteiger partial charge on any atom is 0.335 e. The number of aromatic carboxylic acids is 1. The Morgan fingerprint density at radius 1 is 1.10 bits per heavy atom. The molecule has 0 aromatic heterocycles. The maximum absolute atomic E-state index is 11.1. The number of hydrogen-bond acceptors (Lipinski definition) is 3. The average molecular weight is 392 g/mol. The van der Waals surface area contributed by atoms with Crippen LogP contribution in [0.3, 0.4) is 0 Å². The van der Waals surface area contributed by atoms with Gasteiger partial charge >= 0.3 is 5.97 Å². The molecule has 29 heavy (non-hydrogen) atoms. The normalized spacial score (nSPS) is 27.9. The van der Waals surface area contributed by atoms with E-state index in [0.29, 0.717) is 11.5 Å². The molecular formula is C25H28O4. The summed E-state index contributed by atoms with van der Waals surface area (Å²) < 4.78 is 6.18. The van der Waals surface area contributed by atoms with Gasteiger partial charge in [0.15, 0.2) is 0 Å². The number of aliphatic hydroxyl groups is 1. The average Bonchev–Trinajstić information content (AvgIpc) is 3.34. The lowest BCUT2D eigenvalue weighted by molar-refractivity contribution is 0.0696. The van der Waals surface area contributed by atoms with Crippen LogP contribution in [-0.2, 0) is 11.2 Å². The van der Waals surface area contributed by atoms with Crippen molar-refractivity contribution in [3.63, 3.8) is 0 Å². The predicted molar refractivity (Wildman–Crippen MR) is 112 cm³/mol. The van der Waals surface area contributed by atoms with Crippen molar-refractivity contribution < 1.29 is 19.7 Å². The molecule has 152 valence electrons. The smallest absolute Gasteiger partial charge is 0.335 e. The Morgan fingerprint density at radius 3 is 2.48 bits per heavy atom. The number of aliphatic hydroxyl groups excluding tert-OH is 1. The van der Waals surface area contributed by atoms with Crippen LogP contribution in [0.2, 0.25) is 0 Å². The van der Waals surface area contributed by atoms with Crippen molar-refractivity contribution in [3.8, 4) is 0 Å². The Labute approximate surface area is 171 Å². The molecule has 0 saturated carbocycles. The summed E-state index contributed by atoms with van der Waals surface area (Å²) in [7, 11) is 0. The first-order valence-electron chi connectivity index (χ1n) is 10.4. The molecule has 6 atom stereocenters. The third kappa shape index (κ3) is 4.29. The second-order valence-electron chi connectivity index (χ2n) is 8.31. The van der Waals surface area contributed by atoms with E-state index in [-0.39, 0.29) is 24.0 Å². The van der Waals surface area contributed by atoms with Crippen molar-refractivity contribution in [2.24, 2.45) is 11.8 Å². The van der Waals surface area contributed by atoms with Crippen molar-refractivity contribution in [2.45, 2.75) is 50.4 Å². The Bertz CT molecular complexity index is 858. The fourth-order valence-electron chi connectivity index (χ4n) is 4.76. The van der Waals surface area contributed by atoms with Crippen molar-refractivity contribution in [3.05, 3.63) is 83.4 Å². The topological polar surface area (TPSA) is 66.8 Å². The zero-order valence-electron chi connectivity index (χ0n) is 16.6. The zero-order chi connectivity index (χ0) is 20.4. The van der Waals surface area contributed by atoms with E-state index in [9.17, 15) is 9.90 Å². The molecule has 0 radical (unpaired) electrons. The summed E-state index contributed by atoms with van der Waals surface area (Å²) in [5.41, 5.74) is 2.57. The minimum atomic E-state index is -0.901. The van der Waals surface area contributed by atoms with Gasteiger partial charge in [-0.25, -0.2) is 4.79 Å². The van der Waals surface area contributed by atoms with E-state index >= 15 is 0 Å². The molecule has 2 aliphatic heterocycles. The Hall–Kier alpha value is -2.43. The summed E-state index contributed by atoms with van der Waals surface area (Å²) >= 11 is 0. The lowest BCUT2D eigenvalue weighted by Gasteiger charge is -2.26. The molecule has 2 aromatic carbocycles. The molecule has 4 rings (SSSR count). The second-order valence-corrected chi connectivity index (χ2v) is 8.31. The zero-order valence-corrected chi connectivity index (χ0v) is 16.6. The van der Waals surface area contributed by atoms with Gasteiger partial charge in [0.25, 0.3) is 0 Å². The first-order valence-corrected chi connectivity index (χ1v) is 10.4. The Morgan fingerprint density at radius 2 is 1.79 bits per heavy atom. The van der Waals surface area contributed by atoms with E-state index < -0.39 is 12.1 Å². The number of carboxylic acids is 1. The third-order valence-corrected chi connectivity index (χ3v) is 6.53. The first kappa shape index (κ1) is 19.9. The van der Waals surface area contributed by atoms with Crippen molar-refractivity contribution in [2.75, 3.05) is 0 Å². The van der Waals surface area contributed by atoms with Gasteiger partial charge in [0.1, 0.15) is 0 Å². The second kappa shape index (κ2) is 8.52. The molecule has 2 bridgehead atoms. The van der Waals surface area contributed by atoms with E-state index in [4.69, 9.17) is 9.84 Å². The summed E-state index contributed by atoms with van der Waals surface area (Å²) in [6.45, 7) is 2.04. The van der Waals surface area contributed by atoms with E-state index in [0.717, 1.165) is 30.4 Å². The quantitative estimate of drug-likeness (QED) is 0.684. The molecule has 2 saturated heterocycles. The first-order chi connectivity index (χ1) is 14.0. The largest absolute Gasteiger partial charge is 0.478 e. The highest BCUT2D eigenvalue weighted by Crippen LogP contribution is 2.45. The number of carboxylic acid groups (broad SMARTS) is 1. The summed E-state index contributed by atoms with van der Waals surface area (Å²) in [5, 5.41) is 19.8. The Kier molecular flexibility index (Phi) is 5.84. The van der Waals surface area contributed by atoms with Crippen LogP contribution in [0.5, 0.6) is 0 Å². The highest BCUT2D eigenvalue weighted by Gasteiger charge is 2.47. The summed E-state index contributed by atoms with van der Waals surface area (Å²) in [4.78, 5) is 11.1. The Balaban J connectivity index is 1.45. The van der Waals surface area contributed by atoms with E-state index in [1.807, 2.05) is 55.5 Å². The molecule has 4 nitrogen and oxygen atoms in total. The highest BCUT2D eigenvalue weighted by molar-refractivity contribution is 5.87. The highest BCUT2D eigenvalue weighted by atomic mass is 16.5. The minimum Gasteiger partial charge on any atom is -0.478 e. The van der Waals surface area contributed by atoms with Gasteiger partial charge in [0.2, 0.25) is 0 Å². The van der Waals surface area contributed by atoms with Gasteiger partial charge in [-0.1, -0.05) is 61.5 Å². The fraction of sp³-hybridized carbons (Fsp3) is 0.400. The molecule has 6 unspecified atom stereocenters. The van der Waals surface area contributed by atoms with Crippen molar-refractivity contribution in [1.29, 1.82) is 0 Å².